The Bertz CT molecular complexity index is 634. The van der Waals surface area contributed by atoms with E-state index in [1.54, 1.807) is 11.8 Å². The summed E-state index contributed by atoms with van der Waals surface area (Å²) in [6, 6.07) is 5.25. The van der Waals surface area contributed by atoms with Crippen LogP contribution in [0.15, 0.2) is 23.1 Å². The van der Waals surface area contributed by atoms with Crippen LogP contribution in [0.2, 0.25) is 0 Å². The van der Waals surface area contributed by atoms with E-state index in [1.165, 1.54) is 4.90 Å². The van der Waals surface area contributed by atoms with E-state index in [4.69, 9.17) is 10.8 Å². The van der Waals surface area contributed by atoms with Gasteiger partial charge in [-0.3, -0.25) is 4.79 Å². The highest BCUT2D eigenvalue weighted by molar-refractivity contribution is 7.98. The fourth-order valence-corrected chi connectivity index (χ4v) is 3.06. The first-order chi connectivity index (χ1) is 8.97. The van der Waals surface area contributed by atoms with Crippen LogP contribution in [-0.2, 0) is 18.3 Å². The summed E-state index contributed by atoms with van der Waals surface area (Å²) >= 11 is 1.69. The van der Waals surface area contributed by atoms with Crippen LogP contribution >= 0.6 is 11.8 Å². The molecule has 1 unspecified atom stereocenters. The highest BCUT2D eigenvalue weighted by Crippen LogP contribution is 2.32. The van der Waals surface area contributed by atoms with Gasteiger partial charge in [-0.25, -0.2) is 0 Å². The first kappa shape index (κ1) is 14.0. The number of carboxylic acid groups (broad SMARTS) is 1. The number of carboxylic acids is 1. The summed E-state index contributed by atoms with van der Waals surface area (Å²) in [6.45, 7) is 2.01. The molecule has 5 heteroatoms. The molecule has 1 aromatic carbocycles. The van der Waals surface area contributed by atoms with Gasteiger partial charge in [0.25, 0.3) is 0 Å². The number of aromatic nitrogens is 1. The number of hydrogen-bond donors (Lipinski definition) is 2. The van der Waals surface area contributed by atoms with Crippen LogP contribution in [-0.4, -0.2) is 27.9 Å². The largest absolute Gasteiger partial charge is 0.480 e. The van der Waals surface area contributed by atoms with Gasteiger partial charge in [-0.05, 0) is 24.8 Å². The van der Waals surface area contributed by atoms with Gasteiger partial charge in [-0.2, -0.15) is 0 Å². The number of para-hydroxylation sites is 1. The number of thioether (sulfide) groups is 1. The lowest BCUT2D eigenvalue weighted by molar-refractivity contribution is -0.138. The van der Waals surface area contributed by atoms with Gasteiger partial charge in [0, 0.05) is 29.4 Å². The van der Waals surface area contributed by atoms with Crippen molar-refractivity contribution >= 4 is 28.6 Å². The number of benzene rings is 1. The smallest absolute Gasteiger partial charge is 0.320 e. The van der Waals surface area contributed by atoms with Crippen molar-refractivity contribution in [2.45, 2.75) is 24.3 Å². The molecular formula is C14H18N2O2S. The second-order valence-electron chi connectivity index (χ2n) is 4.63. The normalized spacial score (nSPS) is 12.8. The summed E-state index contributed by atoms with van der Waals surface area (Å²) in [5.41, 5.74) is 8.93. The van der Waals surface area contributed by atoms with E-state index >= 15 is 0 Å². The van der Waals surface area contributed by atoms with Crippen LogP contribution in [0.25, 0.3) is 10.9 Å². The molecule has 0 fully saturated rings. The Morgan fingerprint density at radius 1 is 1.53 bits per heavy atom. The van der Waals surface area contributed by atoms with Crippen LogP contribution in [0.4, 0.5) is 0 Å². The molecular weight excluding hydrogens is 260 g/mol. The topological polar surface area (TPSA) is 68.2 Å². The Labute approximate surface area is 116 Å². The number of nitrogens with two attached hydrogens (primary N) is 1. The summed E-state index contributed by atoms with van der Waals surface area (Å²) in [4.78, 5) is 12.1. The monoisotopic (exact) mass is 278 g/mol. The number of hydrogen-bond acceptors (Lipinski definition) is 3. The van der Waals surface area contributed by atoms with Crippen molar-refractivity contribution in [1.82, 2.24) is 4.57 Å². The fraction of sp³-hybridized carbons (Fsp3) is 0.357. The molecule has 2 rings (SSSR count). The summed E-state index contributed by atoms with van der Waals surface area (Å²) < 4.78 is 2.12. The predicted octanol–water partition coefficient (Wildman–Crippen LogP) is 2.16. The Kier molecular flexibility index (Phi) is 3.87. The Balaban J connectivity index is 2.62. The minimum absolute atomic E-state index is 0.357. The third-order valence-corrected chi connectivity index (χ3v) is 4.33. The molecule has 0 aliphatic heterocycles. The first-order valence-corrected chi connectivity index (χ1v) is 7.29. The van der Waals surface area contributed by atoms with Gasteiger partial charge in [0.2, 0.25) is 0 Å². The molecule has 19 heavy (non-hydrogen) atoms. The molecule has 3 N–H and O–H groups in total. The third kappa shape index (κ3) is 2.35. The zero-order chi connectivity index (χ0) is 14.2. The maximum atomic E-state index is 10.9. The van der Waals surface area contributed by atoms with Gasteiger partial charge < -0.3 is 15.4 Å². The van der Waals surface area contributed by atoms with Crippen molar-refractivity contribution in [2.24, 2.45) is 12.8 Å². The van der Waals surface area contributed by atoms with Crippen molar-refractivity contribution in [1.29, 1.82) is 0 Å². The van der Waals surface area contributed by atoms with E-state index < -0.39 is 12.0 Å². The van der Waals surface area contributed by atoms with Crippen molar-refractivity contribution in [3.05, 3.63) is 29.5 Å². The average Bonchev–Trinajstić information content (AvgIpc) is 2.63. The molecule has 0 aliphatic rings. The molecule has 0 spiro atoms. The van der Waals surface area contributed by atoms with Crippen LogP contribution in [0, 0.1) is 6.92 Å². The summed E-state index contributed by atoms with van der Waals surface area (Å²) in [5.74, 6) is -0.961. The highest BCUT2D eigenvalue weighted by Gasteiger charge is 2.19. The molecule has 1 atom stereocenters. The quantitative estimate of drug-likeness (QED) is 0.841. The second-order valence-corrected chi connectivity index (χ2v) is 5.48. The van der Waals surface area contributed by atoms with Crippen LogP contribution < -0.4 is 5.73 Å². The van der Waals surface area contributed by atoms with Crippen LogP contribution in [0.5, 0.6) is 0 Å². The van der Waals surface area contributed by atoms with Gasteiger partial charge >= 0.3 is 5.97 Å². The number of carbonyl (C=O) groups is 1. The lowest BCUT2D eigenvalue weighted by Crippen LogP contribution is -2.32. The number of aryl methyl sites for hydroxylation is 1. The first-order valence-electron chi connectivity index (χ1n) is 6.06. The molecule has 0 aliphatic carbocycles. The molecule has 4 nitrogen and oxygen atoms in total. The van der Waals surface area contributed by atoms with Crippen molar-refractivity contribution in [3.8, 4) is 0 Å². The molecule has 1 aromatic heterocycles. The maximum absolute atomic E-state index is 10.9. The van der Waals surface area contributed by atoms with Gasteiger partial charge in [0.15, 0.2) is 0 Å². The Morgan fingerprint density at radius 3 is 2.79 bits per heavy atom. The van der Waals surface area contributed by atoms with Crippen molar-refractivity contribution in [2.75, 3.05) is 6.26 Å². The molecule has 0 radical (unpaired) electrons. The zero-order valence-corrected chi connectivity index (χ0v) is 12.1. The van der Waals surface area contributed by atoms with Gasteiger partial charge in [-0.1, -0.05) is 12.1 Å². The van der Waals surface area contributed by atoms with E-state index in [1.807, 2.05) is 32.4 Å². The number of aliphatic carboxylic acids is 1. The Morgan fingerprint density at radius 2 is 2.21 bits per heavy atom. The molecule has 1 heterocycles. The zero-order valence-electron chi connectivity index (χ0n) is 11.3. The number of fused-ring (bicyclic) bond motifs is 1. The Hall–Kier alpha value is -1.46. The summed E-state index contributed by atoms with van der Waals surface area (Å²) in [5, 5.41) is 10.1. The molecule has 2 aromatic rings. The lowest BCUT2D eigenvalue weighted by atomic mass is 10.0. The molecule has 0 saturated heterocycles. The highest BCUT2D eigenvalue weighted by atomic mass is 32.2. The van der Waals surface area contributed by atoms with Crippen molar-refractivity contribution in [3.63, 3.8) is 0 Å². The third-order valence-electron chi connectivity index (χ3n) is 3.56. The molecule has 0 saturated carbocycles. The van der Waals surface area contributed by atoms with E-state index in [-0.39, 0.29) is 0 Å². The van der Waals surface area contributed by atoms with Gasteiger partial charge in [0.05, 0.1) is 5.52 Å². The minimum Gasteiger partial charge on any atom is -0.480 e. The standard InChI is InChI=1S/C14H18N2O2S/c1-8-10(7-11(15)14(17)18)9-5-4-6-12(19-3)13(9)16(8)2/h4-6,11H,7,15H2,1-3H3,(H,17,18). The fourth-order valence-electron chi connectivity index (χ4n) is 2.41. The minimum atomic E-state index is -0.961. The van der Waals surface area contributed by atoms with Crippen molar-refractivity contribution < 1.29 is 9.90 Å². The number of nitrogens with zero attached hydrogens (tertiary/aromatic N) is 1. The van der Waals surface area contributed by atoms with E-state index in [0.717, 1.165) is 22.2 Å². The second kappa shape index (κ2) is 5.27. The van der Waals surface area contributed by atoms with E-state index in [9.17, 15) is 4.79 Å². The predicted molar refractivity (Wildman–Crippen MR) is 78.8 cm³/mol. The summed E-state index contributed by atoms with van der Waals surface area (Å²) in [7, 11) is 2.01. The van der Waals surface area contributed by atoms with E-state index in [2.05, 4.69) is 10.6 Å². The molecule has 102 valence electrons. The van der Waals surface area contributed by atoms with Crippen LogP contribution in [0.1, 0.15) is 11.3 Å². The lowest BCUT2D eigenvalue weighted by Gasteiger charge is -2.07. The van der Waals surface area contributed by atoms with Gasteiger partial charge in [-0.15, -0.1) is 11.8 Å². The maximum Gasteiger partial charge on any atom is 0.320 e. The average molecular weight is 278 g/mol. The summed E-state index contributed by atoms with van der Waals surface area (Å²) in [6.07, 6.45) is 2.40. The van der Waals surface area contributed by atoms with Gasteiger partial charge in [0.1, 0.15) is 6.04 Å². The van der Waals surface area contributed by atoms with E-state index in [0.29, 0.717) is 6.42 Å². The van der Waals surface area contributed by atoms with Crippen LogP contribution in [0.3, 0.4) is 0 Å². The molecule has 0 amide bonds. The molecule has 0 bridgehead atoms. The SMILES string of the molecule is CSc1cccc2c(CC(N)C(=O)O)c(C)n(C)c12. The number of rotatable bonds is 4.